The van der Waals surface area contributed by atoms with Crippen molar-refractivity contribution in [2.45, 2.75) is 103 Å². The van der Waals surface area contributed by atoms with Gasteiger partial charge in [0.05, 0.1) is 30.1 Å². The molecule has 3 heterocycles. The summed E-state index contributed by atoms with van der Waals surface area (Å²) in [6.07, 6.45) is 2.51. The molecule has 0 aromatic carbocycles. The summed E-state index contributed by atoms with van der Waals surface area (Å²) in [5.74, 6) is -1.87. The summed E-state index contributed by atoms with van der Waals surface area (Å²) >= 11 is 0. The molecule has 2 bridgehead atoms. The minimum absolute atomic E-state index is 0.185. The number of ether oxygens (including phenoxy) is 1. The molecule has 3 aliphatic rings. The van der Waals surface area contributed by atoms with Crippen LogP contribution in [-0.2, 0) is 19.1 Å². The number of aliphatic hydroxyl groups is 1. The Balaban J connectivity index is 2.08. The van der Waals surface area contributed by atoms with Crippen LogP contribution in [0.2, 0.25) is 0 Å². The predicted octanol–water partition coefficient (Wildman–Crippen LogP) is 1.60. The van der Waals surface area contributed by atoms with Crippen molar-refractivity contribution in [3.8, 4) is 0 Å². The molecule has 0 aromatic rings. The lowest BCUT2D eigenvalue weighted by Gasteiger charge is -2.39. The van der Waals surface area contributed by atoms with Crippen LogP contribution in [0.5, 0.6) is 0 Å². The third-order valence-corrected chi connectivity index (χ3v) is 7.14. The summed E-state index contributed by atoms with van der Waals surface area (Å²) in [6, 6.07) is -1.38. The minimum atomic E-state index is -1.06. The maximum atomic E-state index is 13.9. The molecule has 6 atom stereocenters. The van der Waals surface area contributed by atoms with Crippen LogP contribution in [0.4, 0.5) is 0 Å². The van der Waals surface area contributed by atoms with E-state index in [9.17, 15) is 19.5 Å². The first-order valence-electron chi connectivity index (χ1n) is 12.0. The van der Waals surface area contributed by atoms with E-state index in [0.717, 1.165) is 6.42 Å². The molecule has 8 heteroatoms. The molecular weight excluding hydrogens is 410 g/mol. The van der Waals surface area contributed by atoms with Gasteiger partial charge in [0.2, 0.25) is 17.7 Å². The SMILES string of the molecule is CCCNC(=O)[C@@H]1[C@H]2C(=O)N([C@@H](CO)CC(C)C)C(C(=O)NC(C)(C)C)C23CC[C@@]1(C)O3. The van der Waals surface area contributed by atoms with Gasteiger partial charge in [0.1, 0.15) is 11.6 Å². The van der Waals surface area contributed by atoms with E-state index in [1.54, 1.807) is 4.90 Å². The van der Waals surface area contributed by atoms with Gasteiger partial charge in [-0.25, -0.2) is 0 Å². The van der Waals surface area contributed by atoms with E-state index in [1.807, 2.05) is 48.5 Å². The lowest BCUT2D eigenvalue weighted by Crippen LogP contribution is -2.60. The zero-order valence-corrected chi connectivity index (χ0v) is 20.7. The van der Waals surface area contributed by atoms with Gasteiger partial charge in [-0.15, -0.1) is 0 Å². The Hall–Kier alpha value is -1.67. The fourth-order valence-electron chi connectivity index (χ4n) is 6.07. The van der Waals surface area contributed by atoms with Crippen molar-refractivity contribution in [2.75, 3.05) is 13.2 Å². The van der Waals surface area contributed by atoms with Crippen LogP contribution in [0, 0.1) is 17.8 Å². The van der Waals surface area contributed by atoms with E-state index >= 15 is 0 Å². The van der Waals surface area contributed by atoms with Crippen LogP contribution < -0.4 is 10.6 Å². The van der Waals surface area contributed by atoms with Gasteiger partial charge in [0, 0.05) is 12.1 Å². The van der Waals surface area contributed by atoms with Crippen LogP contribution >= 0.6 is 0 Å². The Labute approximate surface area is 191 Å². The van der Waals surface area contributed by atoms with Crippen molar-refractivity contribution in [3.63, 3.8) is 0 Å². The zero-order valence-electron chi connectivity index (χ0n) is 20.7. The first-order chi connectivity index (χ1) is 14.8. The van der Waals surface area contributed by atoms with Crippen LogP contribution in [-0.4, -0.2) is 69.7 Å². The standard InChI is InChI=1S/C24H41N3O5/c1-8-11-25-19(29)16-17-21(31)27(15(13-28)12-14(2)3)18(20(30)26-22(4,5)6)24(17)10-9-23(16,7)32-24/h14-18,28H,8-13H2,1-7H3,(H,25,29)(H,26,30)/t15-,16+,17+,18?,23-,24?/m1/s1. The Morgan fingerprint density at radius 1 is 1.25 bits per heavy atom. The van der Waals surface area contributed by atoms with Crippen LogP contribution in [0.3, 0.4) is 0 Å². The second kappa shape index (κ2) is 8.60. The van der Waals surface area contributed by atoms with E-state index in [0.29, 0.717) is 25.8 Å². The van der Waals surface area contributed by atoms with Crippen molar-refractivity contribution < 1.29 is 24.2 Å². The molecular formula is C24H41N3O5. The first kappa shape index (κ1) is 25.0. The molecule has 32 heavy (non-hydrogen) atoms. The number of nitrogens with zero attached hydrogens (tertiary/aromatic N) is 1. The van der Waals surface area contributed by atoms with Crippen molar-refractivity contribution in [2.24, 2.45) is 17.8 Å². The second-order valence-electron chi connectivity index (χ2n) is 11.5. The molecule has 3 saturated heterocycles. The molecule has 0 radical (unpaired) electrons. The molecule has 0 saturated carbocycles. The fraction of sp³-hybridized carbons (Fsp3) is 0.875. The summed E-state index contributed by atoms with van der Waals surface area (Å²) in [5.41, 5.74) is -2.33. The number of nitrogens with one attached hydrogen (secondary N) is 2. The van der Waals surface area contributed by atoms with E-state index < -0.39 is 40.7 Å². The molecule has 1 spiro atoms. The Bertz CT molecular complexity index is 763. The topological polar surface area (TPSA) is 108 Å². The minimum Gasteiger partial charge on any atom is -0.394 e. The lowest BCUT2D eigenvalue weighted by molar-refractivity contribution is -0.150. The number of carbonyl (C=O) groups is 3. The quantitative estimate of drug-likeness (QED) is 0.520. The van der Waals surface area contributed by atoms with E-state index in [2.05, 4.69) is 10.6 Å². The largest absolute Gasteiger partial charge is 0.394 e. The highest BCUT2D eigenvalue weighted by atomic mass is 16.5. The lowest BCUT2D eigenvalue weighted by atomic mass is 9.66. The molecule has 182 valence electrons. The summed E-state index contributed by atoms with van der Waals surface area (Å²) in [6.45, 7) is 13.9. The smallest absolute Gasteiger partial charge is 0.246 e. The van der Waals surface area contributed by atoms with Crippen LogP contribution in [0.15, 0.2) is 0 Å². The van der Waals surface area contributed by atoms with Gasteiger partial charge in [0.15, 0.2) is 0 Å². The number of carbonyl (C=O) groups excluding carboxylic acids is 3. The monoisotopic (exact) mass is 451 g/mol. The number of aliphatic hydroxyl groups excluding tert-OH is 1. The molecule has 3 fully saturated rings. The highest BCUT2D eigenvalue weighted by Gasteiger charge is 2.78. The molecule has 3 N–H and O–H groups in total. The number of rotatable bonds is 8. The van der Waals surface area contributed by atoms with Gasteiger partial charge >= 0.3 is 0 Å². The van der Waals surface area contributed by atoms with Gasteiger partial charge in [-0.05, 0) is 59.3 Å². The third kappa shape index (κ3) is 4.04. The average Bonchev–Trinajstić information content (AvgIpc) is 3.23. The number of fused-ring (bicyclic) bond motifs is 1. The number of hydrogen-bond acceptors (Lipinski definition) is 5. The number of amides is 3. The summed E-state index contributed by atoms with van der Waals surface area (Å²) in [5, 5.41) is 16.2. The van der Waals surface area contributed by atoms with Crippen molar-refractivity contribution in [1.29, 1.82) is 0 Å². The Morgan fingerprint density at radius 3 is 2.44 bits per heavy atom. The van der Waals surface area contributed by atoms with Crippen LogP contribution in [0.1, 0.15) is 74.1 Å². The highest BCUT2D eigenvalue weighted by Crippen LogP contribution is 2.63. The molecule has 8 nitrogen and oxygen atoms in total. The molecule has 3 amide bonds. The number of hydrogen-bond donors (Lipinski definition) is 3. The van der Waals surface area contributed by atoms with Gasteiger partial charge in [0.25, 0.3) is 0 Å². The van der Waals surface area contributed by atoms with Gasteiger partial charge in [-0.1, -0.05) is 20.8 Å². The van der Waals surface area contributed by atoms with Crippen molar-refractivity contribution >= 4 is 17.7 Å². The molecule has 2 unspecified atom stereocenters. The summed E-state index contributed by atoms with van der Waals surface area (Å²) in [4.78, 5) is 42.3. The predicted molar refractivity (Wildman–Crippen MR) is 121 cm³/mol. The second-order valence-corrected chi connectivity index (χ2v) is 11.5. The first-order valence-corrected chi connectivity index (χ1v) is 12.0. The Morgan fingerprint density at radius 2 is 1.91 bits per heavy atom. The van der Waals surface area contributed by atoms with Crippen LogP contribution in [0.25, 0.3) is 0 Å². The summed E-state index contributed by atoms with van der Waals surface area (Å²) < 4.78 is 6.57. The third-order valence-electron chi connectivity index (χ3n) is 7.14. The number of likely N-dealkylation sites (tertiary alicyclic amines) is 1. The zero-order chi connectivity index (χ0) is 24.1. The maximum Gasteiger partial charge on any atom is 0.246 e. The maximum absolute atomic E-state index is 13.9. The highest BCUT2D eigenvalue weighted by molar-refractivity contribution is 5.99. The Kier molecular flexibility index (Phi) is 6.71. The normalized spacial score (nSPS) is 34.7. The van der Waals surface area contributed by atoms with Gasteiger partial charge in [-0.2, -0.15) is 0 Å². The van der Waals surface area contributed by atoms with E-state index in [-0.39, 0.29) is 30.2 Å². The average molecular weight is 452 g/mol. The molecule has 3 rings (SSSR count). The van der Waals surface area contributed by atoms with Crippen molar-refractivity contribution in [3.05, 3.63) is 0 Å². The molecule has 0 aromatic heterocycles. The summed E-state index contributed by atoms with van der Waals surface area (Å²) in [7, 11) is 0. The van der Waals surface area contributed by atoms with Gasteiger partial charge < -0.3 is 25.4 Å². The van der Waals surface area contributed by atoms with Crippen molar-refractivity contribution in [1.82, 2.24) is 15.5 Å². The fourth-order valence-corrected chi connectivity index (χ4v) is 6.07. The van der Waals surface area contributed by atoms with Gasteiger partial charge in [-0.3, -0.25) is 14.4 Å². The van der Waals surface area contributed by atoms with E-state index in [1.165, 1.54) is 0 Å². The molecule has 0 aliphatic carbocycles. The van der Waals surface area contributed by atoms with E-state index in [4.69, 9.17) is 4.74 Å². The molecule has 3 aliphatic heterocycles.